The molecule has 0 aliphatic rings. The van der Waals surface area contributed by atoms with Gasteiger partial charge in [-0.25, -0.2) is 4.39 Å². The van der Waals surface area contributed by atoms with E-state index in [1.807, 2.05) is 19.1 Å². The largest absolute Gasteiger partial charge is 0.310 e. The molecule has 2 atom stereocenters. The second kappa shape index (κ2) is 6.75. The number of rotatable bonds is 6. The number of nitrogens with one attached hydrogen (secondary N) is 1. The summed E-state index contributed by atoms with van der Waals surface area (Å²) in [5, 5.41) is 3.40. The molecule has 2 heteroatoms. The maximum Gasteiger partial charge on any atom is 0.128 e. The van der Waals surface area contributed by atoms with E-state index in [2.05, 4.69) is 26.1 Å². The van der Waals surface area contributed by atoms with Gasteiger partial charge in [-0.3, -0.25) is 0 Å². The van der Waals surface area contributed by atoms with Gasteiger partial charge in [-0.05, 0) is 37.4 Å². The highest BCUT2D eigenvalue weighted by molar-refractivity contribution is 5.26. The first-order chi connectivity index (χ1) is 8.10. The molecule has 1 aromatic carbocycles. The molecule has 0 aromatic heterocycles. The predicted octanol–water partition coefficient (Wildman–Crippen LogP) is 4.22. The Hall–Kier alpha value is -0.890. The van der Waals surface area contributed by atoms with Gasteiger partial charge in [0.05, 0.1) is 0 Å². The van der Waals surface area contributed by atoms with E-state index in [9.17, 15) is 4.39 Å². The van der Waals surface area contributed by atoms with Crippen molar-refractivity contribution < 1.29 is 4.39 Å². The predicted molar refractivity (Wildman–Crippen MR) is 71.6 cm³/mol. The summed E-state index contributed by atoms with van der Waals surface area (Å²) in [5.41, 5.74) is 1.78. The molecule has 0 saturated carbocycles. The normalized spacial score (nSPS) is 14.6. The Morgan fingerprint density at radius 1 is 1.29 bits per heavy atom. The molecule has 0 saturated heterocycles. The SMILES string of the molecule is CCCC(C)C(NCC)c1ccc(C)cc1F. The summed E-state index contributed by atoms with van der Waals surface area (Å²) in [6, 6.07) is 5.66. The van der Waals surface area contributed by atoms with E-state index in [4.69, 9.17) is 0 Å². The van der Waals surface area contributed by atoms with Crippen molar-refractivity contribution in [2.24, 2.45) is 5.92 Å². The Morgan fingerprint density at radius 3 is 2.53 bits per heavy atom. The molecule has 0 amide bonds. The molecule has 0 bridgehead atoms. The monoisotopic (exact) mass is 237 g/mol. The topological polar surface area (TPSA) is 12.0 Å². The summed E-state index contributed by atoms with van der Waals surface area (Å²) < 4.78 is 14.0. The van der Waals surface area contributed by atoms with E-state index in [0.29, 0.717) is 5.92 Å². The van der Waals surface area contributed by atoms with Crippen molar-refractivity contribution in [1.82, 2.24) is 5.32 Å². The van der Waals surface area contributed by atoms with Gasteiger partial charge in [0.2, 0.25) is 0 Å². The molecule has 0 radical (unpaired) electrons. The molecule has 0 spiro atoms. The van der Waals surface area contributed by atoms with E-state index >= 15 is 0 Å². The van der Waals surface area contributed by atoms with Crippen molar-refractivity contribution >= 4 is 0 Å². The molecular weight excluding hydrogens is 213 g/mol. The van der Waals surface area contributed by atoms with Crippen molar-refractivity contribution in [1.29, 1.82) is 0 Å². The quantitative estimate of drug-likeness (QED) is 0.781. The molecule has 0 heterocycles. The first-order valence-corrected chi connectivity index (χ1v) is 6.59. The van der Waals surface area contributed by atoms with Crippen LogP contribution in [0.25, 0.3) is 0 Å². The van der Waals surface area contributed by atoms with E-state index < -0.39 is 0 Å². The highest BCUT2D eigenvalue weighted by Crippen LogP contribution is 2.27. The van der Waals surface area contributed by atoms with E-state index in [-0.39, 0.29) is 11.9 Å². The van der Waals surface area contributed by atoms with Crippen LogP contribution in [0.5, 0.6) is 0 Å². The van der Waals surface area contributed by atoms with E-state index in [1.54, 1.807) is 6.07 Å². The van der Waals surface area contributed by atoms with Crippen LogP contribution < -0.4 is 5.32 Å². The van der Waals surface area contributed by atoms with Gasteiger partial charge >= 0.3 is 0 Å². The molecule has 17 heavy (non-hydrogen) atoms. The fraction of sp³-hybridized carbons (Fsp3) is 0.600. The highest BCUT2D eigenvalue weighted by atomic mass is 19.1. The fourth-order valence-corrected chi connectivity index (χ4v) is 2.34. The Balaban J connectivity index is 2.96. The van der Waals surface area contributed by atoms with Crippen LogP contribution in [0.1, 0.15) is 50.8 Å². The van der Waals surface area contributed by atoms with Crippen molar-refractivity contribution in [3.63, 3.8) is 0 Å². The summed E-state index contributed by atoms with van der Waals surface area (Å²) in [7, 11) is 0. The molecule has 1 aromatic rings. The standard InChI is InChI=1S/C15H24FN/c1-5-7-12(4)15(17-6-2)13-9-8-11(3)10-14(13)16/h8-10,12,15,17H,5-7H2,1-4H3. The number of hydrogen-bond donors (Lipinski definition) is 1. The Labute approximate surface area is 104 Å². The summed E-state index contributed by atoms with van der Waals surface area (Å²) in [6.07, 6.45) is 2.25. The second-order valence-electron chi connectivity index (χ2n) is 4.83. The first-order valence-electron chi connectivity index (χ1n) is 6.59. The lowest BCUT2D eigenvalue weighted by atomic mass is 9.90. The zero-order valence-corrected chi connectivity index (χ0v) is 11.4. The van der Waals surface area contributed by atoms with Crippen LogP contribution in [-0.4, -0.2) is 6.54 Å². The highest BCUT2D eigenvalue weighted by Gasteiger charge is 2.20. The van der Waals surface area contributed by atoms with Crippen LogP contribution in [0, 0.1) is 18.7 Å². The molecule has 1 N–H and O–H groups in total. The lowest BCUT2D eigenvalue weighted by Gasteiger charge is -2.25. The molecule has 0 aliphatic carbocycles. The van der Waals surface area contributed by atoms with E-state index in [1.165, 1.54) is 0 Å². The summed E-state index contributed by atoms with van der Waals surface area (Å²) >= 11 is 0. The van der Waals surface area contributed by atoms with Gasteiger partial charge in [0.1, 0.15) is 5.82 Å². The minimum atomic E-state index is -0.0843. The number of hydrogen-bond acceptors (Lipinski definition) is 1. The van der Waals surface area contributed by atoms with Crippen LogP contribution in [0.3, 0.4) is 0 Å². The zero-order valence-electron chi connectivity index (χ0n) is 11.4. The molecule has 96 valence electrons. The van der Waals surface area contributed by atoms with Gasteiger partial charge in [-0.2, -0.15) is 0 Å². The summed E-state index contributed by atoms with van der Waals surface area (Å²) in [6.45, 7) is 9.22. The minimum Gasteiger partial charge on any atom is -0.310 e. The van der Waals surface area contributed by atoms with Gasteiger partial charge in [-0.1, -0.05) is 39.3 Å². The minimum absolute atomic E-state index is 0.0843. The Bertz CT molecular complexity index is 349. The molecule has 0 fully saturated rings. The van der Waals surface area contributed by atoms with Gasteiger partial charge < -0.3 is 5.32 Å². The van der Waals surface area contributed by atoms with Crippen LogP contribution >= 0.6 is 0 Å². The summed E-state index contributed by atoms with van der Waals surface area (Å²) in [5.74, 6) is 0.371. The number of aryl methyl sites for hydroxylation is 1. The second-order valence-corrected chi connectivity index (χ2v) is 4.83. The maximum absolute atomic E-state index is 14.0. The van der Waals surface area contributed by atoms with Crippen molar-refractivity contribution in [3.8, 4) is 0 Å². The molecular formula is C15H24FN. The molecule has 2 unspecified atom stereocenters. The molecule has 1 rings (SSSR count). The van der Waals surface area contributed by atoms with Gasteiger partial charge in [0.15, 0.2) is 0 Å². The van der Waals surface area contributed by atoms with Crippen molar-refractivity contribution in [3.05, 3.63) is 35.1 Å². The first kappa shape index (κ1) is 14.2. The maximum atomic E-state index is 14.0. The average molecular weight is 237 g/mol. The van der Waals surface area contributed by atoms with Crippen molar-refractivity contribution in [2.75, 3.05) is 6.54 Å². The summed E-state index contributed by atoms with van der Waals surface area (Å²) in [4.78, 5) is 0. The van der Waals surface area contributed by atoms with Crippen molar-refractivity contribution in [2.45, 2.75) is 46.6 Å². The van der Waals surface area contributed by atoms with Crippen LogP contribution in [0.15, 0.2) is 18.2 Å². The zero-order chi connectivity index (χ0) is 12.8. The fourth-order valence-electron chi connectivity index (χ4n) is 2.34. The lowest BCUT2D eigenvalue weighted by Crippen LogP contribution is -2.27. The Kier molecular flexibility index (Phi) is 5.63. The third-order valence-corrected chi connectivity index (χ3v) is 3.23. The van der Waals surface area contributed by atoms with E-state index in [0.717, 1.165) is 30.5 Å². The third-order valence-electron chi connectivity index (χ3n) is 3.23. The number of benzene rings is 1. The lowest BCUT2D eigenvalue weighted by molar-refractivity contribution is 0.358. The van der Waals surface area contributed by atoms with Crippen LogP contribution in [-0.2, 0) is 0 Å². The third kappa shape index (κ3) is 3.81. The molecule has 0 aliphatic heterocycles. The molecule has 1 nitrogen and oxygen atoms in total. The van der Waals surface area contributed by atoms with Gasteiger partial charge in [0.25, 0.3) is 0 Å². The van der Waals surface area contributed by atoms with Crippen LogP contribution in [0.2, 0.25) is 0 Å². The number of halogens is 1. The van der Waals surface area contributed by atoms with Crippen LogP contribution in [0.4, 0.5) is 4.39 Å². The van der Waals surface area contributed by atoms with Gasteiger partial charge in [-0.15, -0.1) is 0 Å². The van der Waals surface area contributed by atoms with Gasteiger partial charge in [0, 0.05) is 11.6 Å². The Morgan fingerprint density at radius 2 is 2.00 bits per heavy atom. The average Bonchev–Trinajstić information content (AvgIpc) is 2.27. The smallest absolute Gasteiger partial charge is 0.128 e.